The fourth-order valence-electron chi connectivity index (χ4n) is 1.19. The first-order valence-electron chi connectivity index (χ1n) is 3.97. The van der Waals surface area contributed by atoms with Crippen molar-refractivity contribution in [1.82, 2.24) is 4.90 Å². The van der Waals surface area contributed by atoms with E-state index in [0.717, 1.165) is 5.56 Å². The highest BCUT2D eigenvalue weighted by Gasteiger charge is 2.08. The summed E-state index contributed by atoms with van der Waals surface area (Å²) >= 11 is 0. The number of nitrogens with one attached hydrogen (secondary N) is 1. The van der Waals surface area contributed by atoms with Crippen molar-refractivity contribution < 1.29 is 0 Å². The standard InChI is InChI=1S/C10H14N2/c1-12(2)10(8-11)9-6-4-3-5-7-9/h3-8,10-11H,1-2H3. The Hall–Kier alpha value is -1.15. The molecular weight excluding hydrogens is 148 g/mol. The van der Waals surface area contributed by atoms with Crippen LogP contribution in [0.3, 0.4) is 0 Å². The minimum absolute atomic E-state index is 0.103. The van der Waals surface area contributed by atoms with E-state index in [2.05, 4.69) is 0 Å². The molecule has 0 saturated heterocycles. The van der Waals surface area contributed by atoms with Crippen molar-refractivity contribution in [3.8, 4) is 0 Å². The van der Waals surface area contributed by atoms with Crippen molar-refractivity contribution >= 4 is 6.21 Å². The van der Waals surface area contributed by atoms with Crippen LogP contribution in [0.15, 0.2) is 30.3 Å². The lowest BCUT2D eigenvalue weighted by molar-refractivity contribution is 0.374. The molecule has 1 atom stereocenters. The lowest BCUT2D eigenvalue weighted by Crippen LogP contribution is -2.20. The zero-order valence-electron chi connectivity index (χ0n) is 7.49. The van der Waals surface area contributed by atoms with Gasteiger partial charge in [-0.1, -0.05) is 30.3 Å². The van der Waals surface area contributed by atoms with Crippen molar-refractivity contribution in [3.05, 3.63) is 35.9 Å². The predicted octanol–water partition coefficient (Wildman–Crippen LogP) is 1.94. The minimum Gasteiger partial charge on any atom is -0.311 e. The van der Waals surface area contributed by atoms with E-state index in [0.29, 0.717) is 0 Å². The van der Waals surface area contributed by atoms with E-state index in [1.54, 1.807) is 0 Å². The molecule has 0 radical (unpaired) electrons. The molecular formula is C10H14N2. The molecule has 0 aliphatic heterocycles. The van der Waals surface area contributed by atoms with Crippen LogP contribution in [0.5, 0.6) is 0 Å². The Morgan fingerprint density at radius 3 is 2.25 bits per heavy atom. The zero-order valence-corrected chi connectivity index (χ0v) is 7.49. The van der Waals surface area contributed by atoms with E-state index in [-0.39, 0.29) is 6.04 Å². The molecule has 0 saturated carbocycles. The van der Waals surface area contributed by atoms with Crippen molar-refractivity contribution in [2.75, 3.05) is 14.1 Å². The number of nitrogens with zero attached hydrogens (tertiary/aromatic N) is 1. The van der Waals surface area contributed by atoms with Crippen LogP contribution in [-0.4, -0.2) is 25.2 Å². The summed E-state index contributed by atoms with van der Waals surface area (Å²) in [6, 6.07) is 10.2. The Labute approximate surface area is 73.3 Å². The van der Waals surface area contributed by atoms with E-state index < -0.39 is 0 Å². The summed E-state index contributed by atoms with van der Waals surface area (Å²) in [5.74, 6) is 0. The summed E-state index contributed by atoms with van der Waals surface area (Å²) in [7, 11) is 3.95. The molecule has 0 heterocycles. The Morgan fingerprint density at radius 1 is 1.25 bits per heavy atom. The van der Waals surface area contributed by atoms with Crippen LogP contribution in [-0.2, 0) is 0 Å². The second-order valence-corrected chi connectivity index (χ2v) is 2.99. The molecule has 0 aliphatic rings. The fraction of sp³-hybridized carbons (Fsp3) is 0.300. The normalized spacial score (nSPS) is 12.9. The predicted molar refractivity (Wildman–Crippen MR) is 51.7 cm³/mol. The Balaban J connectivity index is 2.88. The zero-order chi connectivity index (χ0) is 8.97. The highest BCUT2D eigenvalue weighted by molar-refractivity contribution is 5.63. The largest absolute Gasteiger partial charge is 0.311 e. The van der Waals surface area contributed by atoms with Gasteiger partial charge in [-0.15, -0.1) is 0 Å². The maximum absolute atomic E-state index is 7.26. The van der Waals surface area contributed by atoms with Gasteiger partial charge >= 0.3 is 0 Å². The minimum atomic E-state index is 0.103. The van der Waals surface area contributed by atoms with E-state index in [1.807, 2.05) is 49.3 Å². The maximum Gasteiger partial charge on any atom is 0.0693 e. The van der Waals surface area contributed by atoms with Crippen LogP contribution in [0.4, 0.5) is 0 Å². The molecule has 12 heavy (non-hydrogen) atoms. The Bertz CT molecular complexity index is 241. The van der Waals surface area contributed by atoms with Gasteiger partial charge in [-0.3, -0.25) is 4.90 Å². The quantitative estimate of drug-likeness (QED) is 0.676. The Kier molecular flexibility index (Phi) is 3.00. The van der Waals surface area contributed by atoms with Crippen LogP contribution in [0.25, 0.3) is 0 Å². The first-order valence-corrected chi connectivity index (χ1v) is 3.97. The van der Waals surface area contributed by atoms with Gasteiger partial charge in [-0.2, -0.15) is 0 Å². The van der Waals surface area contributed by atoms with E-state index in [4.69, 9.17) is 5.41 Å². The second-order valence-electron chi connectivity index (χ2n) is 2.99. The molecule has 0 spiro atoms. The molecule has 0 fully saturated rings. The maximum atomic E-state index is 7.26. The van der Waals surface area contributed by atoms with Crippen LogP contribution in [0.2, 0.25) is 0 Å². The molecule has 1 aromatic carbocycles. The highest BCUT2D eigenvalue weighted by atomic mass is 15.1. The average molecular weight is 162 g/mol. The molecule has 1 unspecified atom stereocenters. The fourth-order valence-corrected chi connectivity index (χ4v) is 1.19. The molecule has 64 valence electrons. The van der Waals surface area contributed by atoms with Crippen molar-refractivity contribution in [2.24, 2.45) is 0 Å². The third-order valence-corrected chi connectivity index (χ3v) is 1.86. The average Bonchev–Trinajstić information content (AvgIpc) is 2.07. The van der Waals surface area contributed by atoms with Crippen LogP contribution >= 0.6 is 0 Å². The van der Waals surface area contributed by atoms with Crippen molar-refractivity contribution in [1.29, 1.82) is 5.41 Å². The lowest BCUT2D eigenvalue weighted by Gasteiger charge is -2.19. The lowest BCUT2D eigenvalue weighted by atomic mass is 10.1. The number of hydrogen-bond acceptors (Lipinski definition) is 2. The van der Waals surface area contributed by atoms with Crippen molar-refractivity contribution in [3.63, 3.8) is 0 Å². The number of hydrogen-bond donors (Lipinski definition) is 1. The van der Waals surface area contributed by atoms with E-state index in [9.17, 15) is 0 Å². The van der Waals surface area contributed by atoms with Gasteiger partial charge in [0, 0.05) is 6.21 Å². The number of benzene rings is 1. The summed E-state index contributed by atoms with van der Waals surface area (Å²) < 4.78 is 0. The topological polar surface area (TPSA) is 27.1 Å². The molecule has 0 bridgehead atoms. The highest BCUT2D eigenvalue weighted by Crippen LogP contribution is 2.14. The monoisotopic (exact) mass is 162 g/mol. The SMILES string of the molecule is CN(C)C(C=N)c1ccccc1. The summed E-state index contributed by atoms with van der Waals surface area (Å²) in [5.41, 5.74) is 1.16. The summed E-state index contributed by atoms with van der Waals surface area (Å²) in [4.78, 5) is 2.02. The summed E-state index contributed by atoms with van der Waals surface area (Å²) in [5, 5.41) is 7.26. The van der Waals surface area contributed by atoms with Gasteiger partial charge in [0.25, 0.3) is 0 Å². The Morgan fingerprint density at radius 2 is 1.83 bits per heavy atom. The van der Waals surface area contributed by atoms with Crippen LogP contribution in [0, 0.1) is 5.41 Å². The molecule has 0 aliphatic carbocycles. The van der Waals surface area contributed by atoms with Crippen molar-refractivity contribution in [2.45, 2.75) is 6.04 Å². The van der Waals surface area contributed by atoms with E-state index >= 15 is 0 Å². The molecule has 2 nitrogen and oxygen atoms in total. The third-order valence-electron chi connectivity index (χ3n) is 1.86. The van der Waals surface area contributed by atoms with Crippen LogP contribution < -0.4 is 0 Å². The van der Waals surface area contributed by atoms with Gasteiger partial charge < -0.3 is 5.41 Å². The molecule has 1 N–H and O–H groups in total. The first-order chi connectivity index (χ1) is 5.75. The molecule has 0 amide bonds. The van der Waals surface area contributed by atoms with Gasteiger partial charge in [-0.05, 0) is 19.7 Å². The molecule has 1 aromatic rings. The third kappa shape index (κ3) is 1.92. The number of rotatable bonds is 3. The van der Waals surface area contributed by atoms with Gasteiger partial charge in [0.15, 0.2) is 0 Å². The van der Waals surface area contributed by atoms with Gasteiger partial charge in [-0.25, -0.2) is 0 Å². The van der Waals surface area contributed by atoms with Gasteiger partial charge in [0.05, 0.1) is 6.04 Å². The van der Waals surface area contributed by atoms with Gasteiger partial charge in [0.2, 0.25) is 0 Å². The second kappa shape index (κ2) is 4.02. The summed E-state index contributed by atoms with van der Waals surface area (Å²) in [6.07, 6.45) is 1.45. The van der Waals surface area contributed by atoms with Gasteiger partial charge in [0.1, 0.15) is 0 Å². The molecule has 1 rings (SSSR count). The smallest absolute Gasteiger partial charge is 0.0693 e. The molecule has 0 aromatic heterocycles. The molecule has 2 heteroatoms. The first kappa shape index (κ1) is 8.94. The van der Waals surface area contributed by atoms with E-state index in [1.165, 1.54) is 6.21 Å². The summed E-state index contributed by atoms with van der Waals surface area (Å²) in [6.45, 7) is 0. The van der Waals surface area contributed by atoms with Crippen LogP contribution in [0.1, 0.15) is 11.6 Å².